The van der Waals surface area contributed by atoms with Crippen molar-refractivity contribution in [2.75, 3.05) is 13.1 Å². The number of hydrogen-bond acceptors (Lipinski definition) is 4. The molecule has 0 aliphatic heterocycles. The number of nitrogens with one attached hydrogen (secondary N) is 2. The van der Waals surface area contributed by atoms with Crippen LogP contribution in [0.4, 0.5) is 0 Å². The fourth-order valence-electron chi connectivity index (χ4n) is 1.10. The van der Waals surface area contributed by atoms with Gasteiger partial charge in [-0.3, -0.25) is 9.59 Å². The maximum absolute atomic E-state index is 11.4. The minimum Gasteiger partial charge on any atom is -0.355 e. The van der Waals surface area contributed by atoms with Gasteiger partial charge in [0.15, 0.2) is 0 Å². The van der Waals surface area contributed by atoms with Crippen molar-refractivity contribution >= 4 is 11.8 Å². The van der Waals surface area contributed by atoms with Gasteiger partial charge in [-0.25, -0.2) is 4.68 Å². The molecule has 16 heavy (non-hydrogen) atoms. The highest BCUT2D eigenvalue weighted by atomic mass is 16.2. The van der Waals surface area contributed by atoms with Crippen LogP contribution >= 0.6 is 0 Å². The molecule has 0 spiro atoms. The molecule has 1 aromatic heterocycles. The molecule has 7 heteroatoms. The summed E-state index contributed by atoms with van der Waals surface area (Å²) in [6.45, 7) is 4.24. The van der Waals surface area contributed by atoms with Gasteiger partial charge in [-0.2, -0.15) is 0 Å². The number of amides is 2. The van der Waals surface area contributed by atoms with E-state index in [-0.39, 0.29) is 18.4 Å². The van der Waals surface area contributed by atoms with Crippen LogP contribution in [-0.4, -0.2) is 39.9 Å². The Morgan fingerprint density at radius 3 is 2.62 bits per heavy atom. The third-order valence-corrected chi connectivity index (χ3v) is 1.93. The van der Waals surface area contributed by atoms with Gasteiger partial charge in [0, 0.05) is 20.0 Å². The SMILES string of the molecule is CC(=O)NCCNC(=O)Cn1nncc1C. The topological polar surface area (TPSA) is 88.9 Å². The van der Waals surface area contributed by atoms with Crippen LogP contribution in [0.25, 0.3) is 0 Å². The van der Waals surface area contributed by atoms with Crippen LogP contribution in [0, 0.1) is 6.92 Å². The lowest BCUT2D eigenvalue weighted by Gasteiger charge is -2.06. The standard InChI is InChI=1S/C9H15N5O2/c1-7-5-12-13-14(7)6-9(16)11-4-3-10-8(2)15/h5H,3-4,6H2,1-2H3,(H,10,15)(H,11,16). The molecule has 0 bridgehead atoms. The van der Waals surface area contributed by atoms with Gasteiger partial charge in [-0.1, -0.05) is 5.21 Å². The van der Waals surface area contributed by atoms with E-state index in [4.69, 9.17) is 0 Å². The summed E-state index contributed by atoms with van der Waals surface area (Å²) in [6, 6.07) is 0. The van der Waals surface area contributed by atoms with Crippen molar-refractivity contribution in [1.29, 1.82) is 0 Å². The molecular formula is C9H15N5O2. The second-order valence-corrected chi connectivity index (χ2v) is 3.37. The molecular weight excluding hydrogens is 210 g/mol. The minimum absolute atomic E-state index is 0.110. The molecule has 0 fully saturated rings. The number of carbonyl (C=O) groups excluding carboxylic acids is 2. The molecule has 0 aliphatic rings. The molecule has 2 amide bonds. The molecule has 0 aliphatic carbocycles. The van der Waals surface area contributed by atoms with Gasteiger partial charge < -0.3 is 10.6 Å². The zero-order valence-corrected chi connectivity index (χ0v) is 9.36. The van der Waals surface area contributed by atoms with E-state index in [1.54, 1.807) is 6.20 Å². The lowest BCUT2D eigenvalue weighted by Crippen LogP contribution is -2.35. The average molecular weight is 225 g/mol. The Balaban J connectivity index is 2.21. The summed E-state index contributed by atoms with van der Waals surface area (Å²) >= 11 is 0. The van der Waals surface area contributed by atoms with Crippen LogP contribution in [0.5, 0.6) is 0 Å². The predicted molar refractivity (Wildman–Crippen MR) is 56.5 cm³/mol. The van der Waals surface area contributed by atoms with Gasteiger partial charge in [-0.15, -0.1) is 5.10 Å². The normalized spacial score (nSPS) is 9.88. The molecule has 2 N–H and O–H groups in total. The highest BCUT2D eigenvalue weighted by Gasteiger charge is 2.04. The quantitative estimate of drug-likeness (QED) is 0.618. The Kier molecular flexibility index (Phi) is 4.43. The Bertz CT molecular complexity index is 374. The lowest BCUT2D eigenvalue weighted by atomic mass is 10.5. The Labute approximate surface area is 93.2 Å². The first-order valence-corrected chi connectivity index (χ1v) is 4.96. The Morgan fingerprint density at radius 1 is 1.38 bits per heavy atom. The molecule has 0 atom stereocenters. The van der Waals surface area contributed by atoms with Gasteiger partial charge in [0.05, 0.1) is 11.9 Å². The van der Waals surface area contributed by atoms with Gasteiger partial charge in [0.2, 0.25) is 11.8 Å². The highest BCUT2D eigenvalue weighted by molar-refractivity contribution is 5.76. The average Bonchev–Trinajstić information content (AvgIpc) is 2.59. The van der Waals surface area contributed by atoms with Crippen LogP contribution in [-0.2, 0) is 16.1 Å². The van der Waals surface area contributed by atoms with Crippen LogP contribution in [0.1, 0.15) is 12.6 Å². The molecule has 7 nitrogen and oxygen atoms in total. The predicted octanol–water partition coefficient (Wildman–Crippen LogP) is -1.16. The second kappa shape index (κ2) is 5.84. The van der Waals surface area contributed by atoms with Gasteiger partial charge in [-0.05, 0) is 6.92 Å². The lowest BCUT2D eigenvalue weighted by molar-refractivity contribution is -0.122. The molecule has 1 heterocycles. The smallest absolute Gasteiger partial charge is 0.241 e. The van der Waals surface area contributed by atoms with E-state index in [9.17, 15) is 9.59 Å². The molecule has 0 unspecified atom stereocenters. The van der Waals surface area contributed by atoms with E-state index in [1.807, 2.05) is 6.92 Å². The van der Waals surface area contributed by atoms with Crippen LogP contribution in [0.2, 0.25) is 0 Å². The van der Waals surface area contributed by atoms with E-state index in [0.29, 0.717) is 13.1 Å². The number of rotatable bonds is 5. The Morgan fingerprint density at radius 2 is 2.06 bits per heavy atom. The zero-order chi connectivity index (χ0) is 12.0. The molecule has 1 aromatic rings. The van der Waals surface area contributed by atoms with Crippen LogP contribution in [0.3, 0.4) is 0 Å². The summed E-state index contributed by atoms with van der Waals surface area (Å²) < 4.78 is 1.51. The van der Waals surface area contributed by atoms with Crippen molar-refractivity contribution in [3.05, 3.63) is 11.9 Å². The number of aromatic nitrogens is 3. The summed E-state index contributed by atoms with van der Waals surface area (Å²) in [5, 5.41) is 12.7. The van der Waals surface area contributed by atoms with E-state index < -0.39 is 0 Å². The summed E-state index contributed by atoms with van der Waals surface area (Å²) in [6.07, 6.45) is 1.59. The Hall–Kier alpha value is -1.92. The summed E-state index contributed by atoms with van der Waals surface area (Å²) in [5.41, 5.74) is 0.831. The van der Waals surface area contributed by atoms with Gasteiger partial charge >= 0.3 is 0 Å². The third kappa shape index (κ3) is 4.07. The van der Waals surface area contributed by atoms with Crippen molar-refractivity contribution in [1.82, 2.24) is 25.6 Å². The van der Waals surface area contributed by atoms with E-state index in [1.165, 1.54) is 11.6 Å². The molecule has 1 rings (SSSR count). The molecule has 0 saturated carbocycles. The summed E-state index contributed by atoms with van der Waals surface area (Å²) in [7, 11) is 0. The number of hydrogen-bond donors (Lipinski definition) is 2. The highest BCUT2D eigenvalue weighted by Crippen LogP contribution is 1.91. The third-order valence-electron chi connectivity index (χ3n) is 1.93. The van der Waals surface area contributed by atoms with Crippen molar-refractivity contribution < 1.29 is 9.59 Å². The first-order chi connectivity index (χ1) is 7.59. The van der Waals surface area contributed by atoms with E-state index in [2.05, 4.69) is 20.9 Å². The van der Waals surface area contributed by atoms with Crippen LogP contribution < -0.4 is 10.6 Å². The minimum atomic E-state index is -0.154. The van der Waals surface area contributed by atoms with E-state index >= 15 is 0 Å². The zero-order valence-electron chi connectivity index (χ0n) is 9.36. The number of nitrogens with zero attached hydrogens (tertiary/aromatic N) is 3. The van der Waals surface area contributed by atoms with Crippen molar-refractivity contribution in [3.63, 3.8) is 0 Å². The summed E-state index contributed by atoms with van der Waals surface area (Å²) in [4.78, 5) is 21.9. The van der Waals surface area contributed by atoms with Gasteiger partial charge in [0.1, 0.15) is 6.54 Å². The molecule has 0 radical (unpaired) electrons. The second-order valence-electron chi connectivity index (χ2n) is 3.37. The molecule has 0 saturated heterocycles. The van der Waals surface area contributed by atoms with Crippen molar-refractivity contribution in [3.8, 4) is 0 Å². The van der Waals surface area contributed by atoms with Crippen molar-refractivity contribution in [2.24, 2.45) is 0 Å². The largest absolute Gasteiger partial charge is 0.355 e. The van der Waals surface area contributed by atoms with E-state index in [0.717, 1.165) is 5.69 Å². The first-order valence-electron chi connectivity index (χ1n) is 4.96. The van der Waals surface area contributed by atoms with Gasteiger partial charge in [0.25, 0.3) is 0 Å². The monoisotopic (exact) mass is 225 g/mol. The first kappa shape index (κ1) is 12.2. The number of aryl methyl sites for hydroxylation is 1. The summed E-state index contributed by atoms with van der Waals surface area (Å²) in [5.74, 6) is -0.264. The maximum Gasteiger partial charge on any atom is 0.241 e. The van der Waals surface area contributed by atoms with Crippen molar-refractivity contribution in [2.45, 2.75) is 20.4 Å². The maximum atomic E-state index is 11.4. The molecule has 88 valence electrons. The molecule has 0 aromatic carbocycles. The number of carbonyl (C=O) groups is 2. The fourth-order valence-corrected chi connectivity index (χ4v) is 1.10. The fraction of sp³-hybridized carbons (Fsp3) is 0.556. The van der Waals surface area contributed by atoms with Crippen LogP contribution in [0.15, 0.2) is 6.20 Å².